The Balaban J connectivity index is 1.83. The highest BCUT2D eigenvalue weighted by Crippen LogP contribution is 2.35. The van der Waals surface area contributed by atoms with Crippen molar-refractivity contribution in [3.8, 4) is 0 Å². The van der Waals surface area contributed by atoms with Crippen LogP contribution in [0.15, 0.2) is 34.5 Å². The fourth-order valence-corrected chi connectivity index (χ4v) is 4.29. The molecule has 0 saturated heterocycles. The van der Waals surface area contributed by atoms with Crippen LogP contribution in [0.2, 0.25) is 10.0 Å². The van der Waals surface area contributed by atoms with E-state index in [0.29, 0.717) is 16.6 Å². The molecule has 0 bridgehead atoms. The molecule has 0 aliphatic heterocycles. The Hall–Kier alpha value is -0.920. The van der Waals surface area contributed by atoms with Crippen LogP contribution in [0, 0.1) is 0 Å². The number of hydrogen-bond donors (Lipinski definition) is 2. The van der Waals surface area contributed by atoms with E-state index in [0.717, 1.165) is 34.2 Å². The molecule has 1 aromatic heterocycles. The van der Waals surface area contributed by atoms with Gasteiger partial charge in [0.25, 0.3) is 0 Å². The average Bonchev–Trinajstić information content (AvgIpc) is 2.99. The number of rotatable bonds is 8. The van der Waals surface area contributed by atoms with E-state index in [1.807, 2.05) is 37.7 Å². The molecule has 1 heterocycles. The maximum Gasteiger partial charge on any atom is 0.319 e. The molecule has 0 saturated carbocycles. The normalized spacial score (nSPS) is 10.9. The first-order valence-electron chi connectivity index (χ1n) is 7.79. The summed E-state index contributed by atoms with van der Waals surface area (Å²) in [5.41, 5.74) is 1.09. The van der Waals surface area contributed by atoms with Gasteiger partial charge >= 0.3 is 6.03 Å². The minimum absolute atomic E-state index is 0.169. The lowest BCUT2D eigenvalue weighted by Gasteiger charge is -2.11. The van der Waals surface area contributed by atoms with Crippen molar-refractivity contribution in [3.63, 3.8) is 0 Å². The van der Waals surface area contributed by atoms with Crippen LogP contribution in [-0.4, -0.2) is 38.1 Å². The number of hydrogen-bond acceptors (Lipinski definition) is 4. The Morgan fingerprint density at radius 1 is 1.24 bits per heavy atom. The SMILES string of the molecule is CN(C)CCCNC(=O)Nc1sccc1SCc1ccc(Cl)c(Cl)c1. The van der Waals surface area contributed by atoms with Gasteiger partial charge in [-0.25, -0.2) is 4.79 Å². The van der Waals surface area contributed by atoms with Crippen molar-refractivity contribution in [2.75, 3.05) is 32.5 Å². The van der Waals surface area contributed by atoms with E-state index in [-0.39, 0.29) is 6.03 Å². The number of urea groups is 1. The zero-order valence-corrected chi connectivity index (χ0v) is 17.3. The third-order valence-electron chi connectivity index (χ3n) is 3.30. The van der Waals surface area contributed by atoms with Crippen LogP contribution < -0.4 is 10.6 Å². The van der Waals surface area contributed by atoms with Crippen LogP contribution in [0.4, 0.5) is 9.80 Å². The second-order valence-electron chi connectivity index (χ2n) is 5.69. The van der Waals surface area contributed by atoms with Gasteiger partial charge in [0, 0.05) is 17.2 Å². The first-order valence-corrected chi connectivity index (χ1v) is 10.4. The summed E-state index contributed by atoms with van der Waals surface area (Å²) in [5, 5.41) is 9.74. The first-order chi connectivity index (χ1) is 12.0. The third kappa shape index (κ3) is 7.07. The van der Waals surface area contributed by atoms with Gasteiger partial charge in [0.2, 0.25) is 0 Å². The van der Waals surface area contributed by atoms with Gasteiger partial charge in [0.15, 0.2) is 0 Å². The molecule has 0 aliphatic carbocycles. The van der Waals surface area contributed by atoms with Gasteiger partial charge in [-0.15, -0.1) is 23.1 Å². The number of carbonyl (C=O) groups is 1. The zero-order chi connectivity index (χ0) is 18.2. The average molecular weight is 418 g/mol. The first kappa shape index (κ1) is 20.4. The van der Waals surface area contributed by atoms with Crippen molar-refractivity contribution in [2.24, 2.45) is 0 Å². The predicted molar refractivity (Wildman–Crippen MR) is 111 cm³/mol. The number of anilines is 1. The van der Waals surface area contributed by atoms with Gasteiger partial charge in [-0.2, -0.15) is 0 Å². The molecule has 2 aromatic rings. The maximum absolute atomic E-state index is 12.0. The fourth-order valence-electron chi connectivity index (χ4n) is 2.04. The molecule has 0 aliphatic rings. The minimum atomic E-state index is -0.169. The smallest absolute Gasteiger partial charge is 0.319 e. The van der Waals surface area contributed by atoms with Crippen molar-refractivity contribution in [1.82, 2.24) is 10.2 Å². The van der Waals surface area contributed by atoms with Crippen molar-refractivity contribution in [1.29, 1.82) is 0 Å². The van der Waals surface area contributed by atoms with Crippen molar-refractivity contribution in [2.45, 2.75) is 17.1 Å². The number of halogens is 2. The lowest BCUT2D eigenvalue weighted by atomic mass is 10.2. The second-order valence-corrected chi connectivity index (χ2v) is 8.44. The second kappa shape index (κ2) is 10.3. The van der Waals surface area contributed by atoms with E-state index in [1.54, 1.807) is 17.8 Å². The summed E-state index contributed by atoms with van der Waals surface area (Å²) >= 11 is 15.2. The van der Waals surface area contributed by atoms with Gasteiger partial charge < -0.3 is 10.2 Å². The number of thiophene rings is 1. The fraction of sp³-hybridized carbons (Fsp3) is 0.353. The molecule has 25 heavy (non-hydrogen) atoms. The van der Waals surface area contributed by atoms with Gasteiger partial charge in [-0.1, -0.05) is 29.3 Å². The molecule has 0 unspecified atom stereocenters. The molecule has 1 aromatic carbocycles. The number of benzene rings is 1. The van der Waals surface area contributed by atoms with E-state index in [9.17, 15) is 4.79 Å². The number of thioether (sulfide) groups is 1. The molecular weight excluding hydrogens is 397 g/mol. The Labute approximate surface area is 166 Å². The van der Waals surface area contributed by atoms with Crippen LogP contribution in [-0.2, 0) is 5.75 Å². The molecule has 4 nitrogen and oxygen atoms in total. The molecule has 0 atom stereocenters. The number of amides is 2. The quantitative estimate of drug-likeness (QED) is 0.444. The highest BCUT2D eigenvalue weighted by atomic mass is 35.5. The Morgan fingerprint density at radius 2 is 2.04 bits per heavy atom. The van der Waals surface area contributed by atoms with Gasteiger partial charge in [-0.05, 0) is 56.2 Å². The molecule has 8 heteroatoms. The van der Waals surface area contributed by atoms with Crippen LogP contribution in [0.25, 0.3) is 0 Å². The largest absolute Gasteiger partial charge is 0.338 e. The lowest BCUT2D eigenvalue weighted by Crippen LogP contribution is -2.30. The van der Waals surface area contributed by atoms with Crippen molar-refractivity contribution >= 4 is 57.3 Å². The molecule has 2 amide bonds. The summed E-state index contributed by atoms with van der Waals surface area (Å²) in [4.78, 5) is 15.1. The zero-order valence-electron chi connectivity index (χ0n) is 14.1. The van der Waals surface area contributed by atoms with Crippen LogP contribution in [0.1, 0.15) is 12.0 Å². The van der Waals surface area contributed by atoms with Crippen molar-refractivity contribution in [3.05, 3.63) is 45.3 Å². The molecule has 0 fully saturated rings. The molecule has 0 spiro atoms. The van der Waals surface area contributed by atoms with E-state index < -0.39 is 0 Å². The number of carbonyl (C=O) groups excluding carboxylic acids is 1. The van der Waals surface area contributed by atoms with Gasteiger partial charge in [0.1, 0.15) is 5.00 Å². The molecular formula is C17H21Cl2N3OS2. The summed E-state index contributed by atoms with van der Waals surface area (Å²) in [6.07, 6.45) is 0.920. The minimum Gasteiger partial charge on any atom is -0.338 e. The van der Waals surface area contributed by atoms with Crippen LogP contribution >= 0.6 is 46.3 Å². The summed E-state index contributed by atoms with van der Waals surface area (Å²) in [5.74, 6) is 0.757. The van der Waals surface area contributed by atoms with Crippen molar-refractivity contribution < 1.29 is 4.79 Å². The summed E-state index contributed by atoms with van der Waals surface area (Å²) in [6, 6.07) is 7.46. The van der Waals surface area contributed by atoms with E-state index in [4.69, 9.17) is 23.2 Å². The Kier molecular flexibility index (Phi) is 8.39. The lowest BCUT2D eigenvalue weighted by molar-refractivity contribution is 0.251. The van der Waals surface area contributed by atoms with Gasteiger partial charge in [-0.3, -0.25) is 5.32 Å². The molecule has 2 rings (SSSR count). The van der Waals surface area contributed by atoms with Crippen LogP contribution in [0.5, 0.6) is 0 Å². The van der Waals surface area contributed by atoms with Gasteiger partial charge in [0.05, 0.1) is 10.0 Å². The number of nitrogens with one attached hydrogen (secondary N) is 2. The summed E-state index contributed by atoms with van der Waals surface area (Å²) < 4.78 is 0. The standard InChI is InChI=1S/C17H21Cl2N3OS2/c1-22(2)8-3-7-20-17(23)21-16-15(6-9-24-16)25-11-12-4-5-13(18)14(19)10-12/h4-6,9-10H,3,7-8,11H2,1-2H3,(H2,20,21,23). The Morgan fingerprint density at radius 3 is 2.76 bits per heavy atom. The molecule has 2 N–H and O–H groups in total. The molecule has 0 radical (unpaired) electrons. The van der Waals surface area contributed by atoms with Crippen LogP contribution in [0.3, 0.4) is 0 Å². The highest BCUT2D eigenvalue weighted by Gasteiger charge is 2.09. The third-order valence-corrected chi connectivity index (χ3v) is 6.13. The summed E-state index contributed by atoms with van der Waals surface area (Å²) in [7, 11) is 4.03. The highest BCUT2D eigenvalue weighted by molar-refractivity contribution is 7.98. The topological polar surface area (TPSA) is 44.4 Å². The Bertz CT molecular complexity index is 707. The maximum atomic E-state index is 12.0. The monoisotopic (exact) mass is 417 g/mol. The van der Waals surface area contributed by atoms with E-state index >= 15 is 0 Å². The number of nitrogens with zero attached hydrogens (tertiary/aromatic N) is 1. The molecule has 136 valence electrons. The summed E-state index contributed by atoms with van der Waals surface area (Å²) in [6.45, 7) is 1.60. The predicted octanol–water partition coefficient (Wildman–Crippen LogP) is 5.42. The van der Waals surface area contributed by atoms with E-state index in [2.05, 4.69) is 15.5 Å². The van der Waals surface area contributed by atoms with E-state index in [1.165, 1.54) is 11.3 Å².